The quantitative estimate of drug-likeness (QED) is 0.817. The minimum atomic E-state index is -0.419. The van der Waals surface area contributed by atoms with Gasteiger partial charge in [-0.3, -0.25) is 0 Å². The van der Waals surface area contributed by atoms with Crippen LogP contribution < -0.4 is 0 Å². The van der Waals surface area contributed by atoms with E-state index in [9.17, 15) is 4.79 Å². The van der Waals surface area contributed by atoms with Crippen molar-refractivity contribution < 1.29 is 9.53 Å². The highest BCUT2D eigenvalue weighted by molar-refractivity contribution is 5.68. The maximum Gasteiger partial charge on any atom is 0.410 e. The minimum absolute atomic E-state index is 0.188. The SMILES string of the molecule is CCc1cccc(C2CCN(C(=O)OC(C)(C)C)C2)c1. The lowest BCUT2D eigenvalue weighted by molar-refractivity contribution is 0.0292. The highest BCUT2D eigenvalue weighted by Gasteiger charge is 2.30. The Bertz CT molecular complexity index is 476. The van der Waals surface area contributed by atoms with E-state index < -0.39 is 5.60 Å². The maximum atomic E-state index is 12.1. The van der Waals surface area contributed by atoms with Gasteiger partial charge in [0, 0.05) is 19.0 Å². The van der Waals surface area contributed by atoms with Crippen molar-refractivity contribution in [2.24, 2.45) is 0 Å². The summed E-state index contributed by atoms with van der Waals surface area (Å²) in [4.78, 5) is 13.9. The molecule has 0 N–H and O–H groups in total. The number of likely N-dealkylation sites (tertiary alicyclic amines) is 1. The molecule has 1 fully saturated rings. The molecule has 20 heavy (non-hydrogen) atoms. The zero-order valence-electron chi connectivity index (χ0n) is 13.0. The van der Waals surface area contributed by atoms with E-state index in [1.807, 2.05) is 25.7 Å². The Hall–Kier alpha value is -1.51. The van der Waals surface area contributed by atoms with E-state index in [2.05, 4.69) is 31.2 Å². The number of ether oxygens (including phenoxy) is 1. The number of hydrogen-bond donors (Lipinski definition) is 0. The molecule has 0 bridgehead atoms. The number of nitrogens with zero attached hydrogens (tertiary/aromatic N) is 1. The van der Waals surface area contributed by atoms with Crippen molar-refractivity contribution in [3.05, 3.63) is 35.4 Å². The van der Waals surface area contributed by atoms with Crippen molar-refractivity contribution in [2.75, 3.05) is 13.1 Å². The fourth-order valence-electron chi connectivity index (χ4n) is 2.59. The normalized spacial score (nSPS) is 19.2. The summed E-state index contributed by atoms with van der Waals surface area (Å²) >= 11 is 0. The molecule has 1 amide bonds. The van der Waals surface area contributed by atoms with Gasteiger partial charge in [0.1, 0.15) is 5.60 Å². The lowest BCUT2D eigenvalue weighted by atomic mass is 9.96. The van der Waals surface area contributed by atoms with Gasteiger partial charge >= 0.3 is 6.09 Å². The molecule has 1 aromatic rings. The molecule has 1 heterocycles. The molecule has 0 radical (unpaired) electrons. The molecule has 0 aromatic heterocycles. The highest BCUT2D eigenvalue weighted by atomic mass is 16.6. The van der Waals surface area contributed by atoms with Crippen LogP contribution in [-0.4, -0.2) is 29.7 Å². The Balaban J connectivity index is 1.99. The summed E-state index contributed by atoms with van der Waals surface area (Å²) in [5.41, 5.74) is 2.28. The summed E-state index contributed by atoms with van der Waals surface area (Å²) in [6.45, 7) is 9.44. The maximum absolute atomic E-state index is 12.1. The lowest BCUT2D eigenvalue weighted by Gasteiger charge is -2.24. The fourth-order valence-corrected chi connectivity index (χ4v) is 2.59. The minimum Gasteiger partial charge on any atom is -0.444 e. The van der Waals surface area contributed by atoms with Crippen molar-refractivity contribution in [1.82, 2.24) is 4.90 Å². The molecular formula is C17H25NO2. The largest absolute Gasteiger partial charge is 0.444 e. The molecule has 1 unspecified atom stereocenters. The molecule has 0 spiro atoms. The van der Waals surface area contributed by atoms with Gasteiger partial charge in [0.05, 0.1) is 0 Å². The molecule has 110 valence electrons. The van der Waals surface area contributed by atoms with Crippen molar-refractivity contribution in [1.29, 1.82) is 0 Å². The highest BCUT2D eigenvalue weighted by Crippen LogP contribution is 2.28. The van der Waals surface area contributed by atoms with Crippen LogP contribution in [0.3, 0.4) is 0 Å². The third kappa shape index (κ3) is 3.75. The molecule has 1 aliphatic rings. The Kier molecular flexibility index (Phi) is 4.36. The van der Waals surface area contributed by atoms with Gasteiger partial charge in [-0.15, -0.1) is 0 Å². The Morgan fingerprint density at radius 1 is 1.40 bits per heavy atom. The second-order valence-corrected chi connectivity index (χ2v) is 6.51. The Labute approximate surface area is 121 Å². The summed E-state index contributed by atoms with van der Waals surface area (Å²) in [6.07, 6.45) is 1.88. The van der Waals surface area contributed by atoms with Crippen LogP contribution in [0.2, 0.25) is 0 Å². The topological polar surface area (TPSA) is 29.5 Å². The first-order valence-electron chi connectivity index (χ1n) is 7.46. The second kappa shape index (κ2) is 5.86. The van der Waals surface area contributed by atoms with Gasteiger partial charge < -0.3 is 9.64 Å². The second-order valence-electron chi connectivity index (χ2n) is 6.51. The van der Waals surface area contributed by atoms with Crippen LogP contribution in [0.15, 0.2) is 24.3 Å². The summed E-state index contributed by atoms with van der Waals surface area (Å²) in [5.74, 6) is 0.439. The van der Waals surface area contributed by atoms with E-state index >= 15 is 0 Å². The Morgan fingerprint density at radius 2 is 2.15 bits per heavy atom. The monoisotopic (exact) mass is 275 g/mol. The van der Waals surface area contributed by atoms with E-state index in [1.165, 1.54) is 11.1 Å². The molecule has 1 saturated heterocycles. The van der Waals surface area contributed by atoms with E-state index in [4.69, 9.17) is 4.74 Å². The smallest absolute Gasteiger partial charge is 0.410 e. The summed E-state index contributed by atoms with van der Waals surface area (Å²) in [7, 11) is 0. The molecular weight excluding hydrogens is 250 g/mol. The standard InChI is InChI=1S/C17H25NO2/c1-5-13-7-6-8-14(11-13)15-9-10-18(12-15)16(19)20-17(2,3)4/h6-8,11,15H,5,9-10,12H2,1-4H3. The van der Waals surface area contributed by atoms with E-state index in [1.54, 1.807) is 0 Å². The van der Waals surface area contributed by atoms with Crippen LogP contribution in [0.4, 0.5) is 4.79 Å². The van der Waals surface area contributed by atoms with Gasteiger partial charge in [-0.2, -0.15) is 0 Å². The van der Waals surface area contributed by atoms with Gasteiger partial charge in [-0.25, -0.2) is 4.79 Å². The third-order valence-corrected chi connectivity index (χ3v) is 3.67. The average molecular weight is 275 g/mol. The number of amides is 1. The zero-order chi connectivity index (χ0) is 14.8. The third-order valence-electron chi connectivity index (χ3n) is 3.67. The van der Waals surface area contributed by atoms with Crippen molar-refractivity contribution in [3.8, 4) is 0 Å². The predicted molar refractivity (Wildman–Crippen MR) is 81.0 cm³/mol. The number of benzene rings is 1. The fraction of sp³-hybridized carbons (Fsp3) is 0.588. The number of aryl methyl sites for hydroxylation is 1. The van der Waals surface area contributed by atoms with Gasteiger partial charge in [0.2, 0.25) is 0 Å². The number of hydrogen-bond acceptors (Lipinski definition) is 2. The van der Waals surface area contributed by atoms with Crippen LogP contribution in [0.5, 0.6) is 0 Å². The Morgan fingerprint density at radius 3 is 2.80 bits per heavy atom. The summed E-state index contributed by atoms with van der Waals surface area (Å²) < 4.78 is 5.44. The number of carbonyl (C=O) groups excluding carboxylic acids is 1. The first-order chi connectivity index (χ1) is 9.39. The average Bonchev–Trinajstić information content (AvgIpc) is 2.86. The molecule has 1 atom stereocenters. The number of carbonyl (C=O) groups is 1. The number of rotatable bonds is 2. The van der Waals surface area contributed by atoms with E-state index in [0.717, 1.165) is 25.9 Å². The van der Waals surface area contributed by atoms with E-state index in [-0.39, 0.29) is 6.09 Å². The molecule has 3 nitrogen and oxygen atoms in total. The van der Waals surface area contributed by atoms with Crippen LogP contribution in [0, 0.1) is 0 Å². The van der Waals surface area contributed by atoms with E-state index in [0.29, 0.717) is 5.92 Å². The van der Waals surface area contributed by atoms with Crippen LogP contribution in [0.1, 0.15) is 51.2 Å². The molecule has 0 aliphatic carbocycles. The first kappa shape index (κ1) is 14.9. The van der Waals surface area contributed by atoms with Crippen LogP contribution >= 0.6 is 0 Å². The molecule has 1 aromatic carbocycles. The van der Waals surface area contributed by atoms with Crippen molar-refractivity contribution in [3.63, 3.8) is 0 Å². The van der Waals surface area contributed by atoms with Gasteiger partial charge in [0.25, 0.3) is 0 Å². The van der Waals surface area contributed by atoms with Crippen LogP contribution in [0.25, 0.3) is 0 Å². The lowest BCUT2D eigenvalue weighted by Crippen LogP contribution is -2.35. The zero-order valence-corrected chi connectivity index (χ0v) is 13.0. The van der Waals surface area contributed by atoms with Gasteiger partial charge in [-0.1, -0.05) is 31.2 Å². The molecule has 0 saturated carbocycles. The van der Waals surface area contributed by atoms with Gasteiger partial charge in [0.15, 0.2) is 0 Å². The van der Waals surface area contributed by atoms with Gasteiger partial charge in [-0.05, 0) is 44.7 Å². The first-order valence-corrected chi connectivity index (χ1v) is 7.46. The molecule has 1 aliphatic heterocycles. The van der Waals surface area contributed by atoms with Crippen LogP contribution in [-0.2, 0) is 11.2 Å². The van der Waals surface area contributed by atoms with Crippen molar-refractivity contribution in [2.45, 2.75) is 52.1 Å². The predicted octanol–water partition coefficient (Wildman–Crippen LogP) is 3.97. The summed E-state index contributed by atoms with van der Waals surface area (Å²) in [5, 5.41) is 0. The molecule has 2 rings (SSSR count). The molecule has 3 heteroatoms. The summed E-state index contributed by atoms with van der Waals surface area (Å²) in [6, 6.07) is 8.71. The van der Waals surface area contributed by atoms with Crippen molar-refractivity contribution >= 4 is 6.09 Å².